The molecule has 1 aliphatic rings. The van der Waals surface area contributed by atoms with Gasteiger partial charge in [-0.25, -0.2) is 9.97 Å². The Hall–Kier alpha value is -1.54. The highest BCUT2D eigenvalue weighted by atomic mass is 79.9. The molecule has 0 spiro atoms. The van der Waals surface area contributed by atoms with Crippen LogP contribution < -0.4 is 4.74 Å². The van der Waals surface area contributed by atoms with Crippen LogP contribution in [0.4, 0.5) is 0 Å². The second kappa shape index (κ2) is 6.95. The molecule has 2 aromatic heterocycles. The number of halogens is 1. The highest BCUT2D eigenvalue weighted by molar-refractivity contribution is 9.10. The predicted octanol–water partition coefficient (Wildman–Crippen LogP) is 1.91. The first kappa shape index (κ1) is 14.4. The van der Waals surface area contributed by atoms with Crippen LogP contribution in [0.1, 0.15) is 18.7 Å². The largest absolute Gasteiger partial charge is 0.463 e. The second-order valence-electron chi connectivity index (χ2n) is 5.05. The average Bonchev–Trinajstić information content (AvgIpc) is 3.01. The van der Waals surface area contributed by atoms with Gasteiger partial charge in [0.15, 0.2) is 0 Å². The fourth-order valence-electron chi connectivity index (χ4n) is 2.33. The fourth-order valence-corrected chi connectivity index (χ4v) is 2.54. The van der Waals surface area contributed by atoms with Crippen molar-refractivity contribution in [3.8, 4) is 6.01 Å². The Labute approximate surface area is 130 Å². The van der Waals surface area contributed by atoms with Crippen LogP contribution in [0.2, 0.25) is 0 Å². The van der Waals surface area contributed by atoms with Crippen molar-refractivity contribution in [1.82, 2.24) is 25.1 Å². The highest BCUT2D eigenvalue weighted by Gasteiger charge is 2.21. The molecule has 3 heterocycles. The van der Waals surface area contributed by atoms with Gasteiger partial charge in [-0.1, -0.05) is 0 Å². The summed E-state index contributed by atoms with van der Waals surface area (Å²) < 4.78 is 11.7. The molecule has 1 fully saturated rings. The maximum atomic E-state index is 5.64. The van der Waals surface area contributed by atoms with Crippen LogP contribution in [0.3, 0.4) is 0 Å². The number of ether oxygens (including phenoxy) is 1. The standard InChI is InChI=1S/C13H16BrN5O2/c14-11-5-15-13(16-6-11)20-8-10-1-3-19(4-2-10)7-12-18-17-9-21-12/h5-6,9-10H,1-4,7-8H2. The fraction of sp³-hybridized carbons (Fsp3) is 0.538. The lowest BCUT2D eigenvalue weighted by atomic mass is 9.98. The normalized spacial score (nSPS) is 17.0. The molecule has 1 aliphatic heterocycles. The van der Waals surface area contributed by atoms with Crippen molar-refractivity contribution in [2.24, 2.45) is 5.92 Å². The van der Waals surface area contributed by atoms with Crippen molar-refractivity contribution in [2.45, 2.75) is 19.4 Å². The van der Waals surface area contributed by atoms with E-state index in [4.69, 9.17) is 9.15 Å². The molecule has 8 heteroatoms. The van der Waals surface area contributed by atoms with Gasteiger partial charge in [0.25, 0.3) is 0 Å². The summed E-state index contributed by atoms with van der Waals surface area (Å²) in [5.74, 6) is 1.21. The number of piperidine rings is 1. The first-order chi connectivity index (χ1) is 10.3. The van der Waals surface area contributed by atoms with Crippen LogP contribution in [-0.4, -0.2) is 44.8 Å². The van der Waals surface area contributed by atoms with Gasteiger partial charge in [0.1, 0.15) is 0 Å². The Morgan fingerprint density at radius 3 is 2.71 bits per heavy atom. The van der Waals surface area contributed by atoms with E-state index >= 15 is 0 Å². The van der Waals surface area contributed by atoms with Gasteiger partial charge in [-0.3, -0.25) is 4.90 Å². The predicted molar refractivity (Wildman–Crippen MR) is 77.5 cm³/mol. The van der Waals surface area contributed by atoms with Crippen LogP contribution >= 0.6 is 15.9 Å². The first-order valence-electron chi connectivity index (χ1n) is 6.87. The Balaban J connectivity index is 1.40. The van der Waals surface area contributed by atoms with Crippen molar-refractivity contribution < 1.29 is 9.15 Å². The van der Waals surface area contributed by atoms with E-state index in [-0.39, 0.29) is 0 Å². The summed E-state index contributed by atoms with van der Waals surface area (Å²) in [7, 11) is 0. The monoisotopic (exact) mass is 353 g/mol. The summed E-state index contributed by atoms with van der Waals surface area (Å²) in [6.07, 6.45) is 6.92. The Bertz CT molecular complexity index is 540. The van der Waals surface area contributed by atoms with E-state index < -0.39 is 0 Å². The quantitative estimate of drug-likeness (QED) is 0.812. The number of hydrogen-bond acceptors (Lipinski definition) is 7. The number of likely N-dealkylation sites (tertiary alicyclic amines) is 1. The van der Waals surface area contributed by atoms with Crippen LogP contribution in [0.5, 0.6) is 6.01 Å². The van der Waals surface area contributed by atoms with Crippen LogP contribution in [0.25, 0.3) is 0 Å². The van der Waals surface area contributed by atoms with Gasteiger partial charge in [0.2, 0.25) is 12.3 Å². The summed E-state index contributed by atoms with van der Waals surface area (Å²) in [6.45, 7) is 3.41. The third-order valence-corrected chi connectivity index (χ3v) is 3.93. The topological polar surface area (TPSA) is 77.2 Å². The van der Waals surface area contributed by atoms with Crippen molar-refractivity contribution in [3.05, 3.63) is 29.2 Å². The third kappa shape index (κ3) is 4.21. The zero-order chi connectivity index (χ0) is 14.5. The van der Waals surface area contributed by atoms with Crippen LogP contribution in [-0.2, 0) is 6.54 Å². The summed E-state index contributed by atoms with van der Waals surface area (Å²) in [5.41, 5.74) is 0. The minimum absolute atomic E-state index is 0.437. The van der Waals surface area contributed by atoms with Gasteiger partial charge in [-0.05, 0) is 47.8 Å². The lowest BCUT2D eigenvalue weighted by Gasteiger charge is -2.30. The summed E-state index contributed by atoms with van der Waals surface area (Å²) in [4.78, 5) is 10.5. The van der Waals surface area contributed by atoms with Crippen molar-refractivity contribution in [3.63, 3.8) is 0 Å². The molecule has 0 aliphatic carbocycles. The molecule has 0 amide bonds. The molecule has 0 atom stereocenters. The summed E-state index contributed by atoms with van der Waals surface area (Å²) in [6, 6.07) is 0.437. The van der Waals surface area contributed by atoms with E-state index in [0.29, 0.717) is 24.4 Å². The van der Waals surface area contributed by atoms with Crippen LogP contribution in [0, 0.1) is 5.92 Å². The van der Waals surface area contributed by atoms with E-state index in [9.17, 15) is 0 Å². The molecule has 2 aromatic rings. The summed E-state index contributed by atoms with van der Waals surface area (Å²) in [5, 5.41) is 7.60. The van der Waals surface area contributed by atoms with Gasteiger partial charge in [0.05, 0.1) is 17.6 Å². The smallest absolute Gasteiger partial charge is 0.316 e. The molecular weight excluding hydrogens is 338 g/mol. The minimum Gasteiger partial charge on any atom is -0.463 e. The second-order valence-corrected chi connectivity index (χ2v) is 5.96. The zero-order valence-corrected chi connectivity index (χ0v) is 13.1. The molecule has 0 bridgehead atoms. The Morgan fingerprint density at radius 1 is 1.29 bits per heavy atom. The molecule has 0 aromatic carbocycles. The zero-order valence-electron chi connectivity index (χ0n) is 11.5. The molecule has 1 saturated heterocycles. The van der Waals surface area contributed by atoms with Crippen LogP contribution in [0.15, 0.2) is 27.7 Å². The average molecular weight is 354 g/mol. The first-order valence-corrected chi connectivity index (χ1v) is 7.66. The highest BCUT2D eigenvalue weighted by Crippen LogP contribution is 2.19. The molecule has 3 rings (SSSR count). The summed E-state index contributed by atoms with van der Waals surface area (Å²) >= 11 is 3.30. The number of hydrogen-bond donors (Lipinski definition) is 0. The number of rotatable bonds is 5. The SMILES string of the molecule is Brc1cnc(OCC2CCN(Cc3nnco3)CC2)nc1. The molecule has 0 saturated carbocycles. The molecule has 7 nitrogen and oxygen atoms in total. The molecule has 0 radical (unpaired) electrons. The van der Waals surface area contributed by atoms with E-state index in [0.717, 1.165) is 36.9 Å². The lowest BCUT2D eigenvalue weighted by molar-refractivity contribution is 0.125. The van der Waals surface area contributed by atoms with E-state index in [1.807, 2.05) is 0 Å². The third-order valence-electron chi connectivity index (χ3n) is 3.52. The van der Waals surface area contributed by atoms with Crippen molar-refractivity contribution >= 4 is 15.9 Å². The van der Waals surface area contributed by atoms with Gasteiger partial charge in [-0.2, -0.15) is 0 Å². The Kier molecular flexibility index (Phi) is 4.76. The maximum Gasteiger partial charge on any atom is 0.316 e. The maximum absolute atomic E-state index is 5.64. The van der Waals surface area contributed by atoms with E-state index in [1.54, 1.807) is 12.4 Å². The Morgan fingerprint density at radius 2 is 2.05 bits per heavy atom. The van der Waals surface area contributed by atoms with Gasteiger partial charge in [0, 0.05) is 12.4 Å². The minimum atomic E-state index is 0.437. The van der Waals surface area contributed by atoms with Crippen molar-refractivity contribution in [2.75, 3.05) is 19.7 Å². The molecule has 0 N–H and O–H groups in total. The number of nitrogens with zero attached hydrogens (tertiary/aromatic N) is 5. The lowest BCUT2D eigenvalue weighted by Crippen LogP contribution is -2.35. The molecule has 112 valence electrons. The van der Waals surface area contributed by atoms with Crippen molar-refractivity contribution in [1.29, 1.82) is 0 Å². The van der Waals surface area contributed by atoms with Gasteiger partial charge >= 0.3 is 6.01 Å². The molecular formula is C13H16BrN5O2. The number of aromatic nitrogens is 4. The van der Waals surface area contributed by atoms with Gasteiger partial charge < -0.3 is 9.15 Å². The molecule has 0 unspecified atom stereocenters. The van der Waals surface area contributed by atoms with E-state index in [1.165, 1.54) is 6.39 Å². The van der Waals surface area contributed by atoms with Gasteiger partial charge in [-0.15, -0.1) is 10.2 Å². The molecule has 21 heavy (non-hydrogen) atoms. The van der Waals surface area contributed by atoms with E-state index in [2.05, 4.69) is 41.0 Å².